The number of amides is 1. The molecule has 1 N–H and O–H groups in total. The predicted octanol–water partition coefficient (Wildman–Crippen LogP) is -0.00890. The van der Waals surface area contributed by atoms with Crippen LogP contribution in [0.5, 0.6) is 0 Å². The van der Waals surface area contributed by atoms with E-state index in [4.69, 9.17) is 9.84 Å². The molecule has 76 valence electrons. The number of halogens is 1. The summed E-state index contributed by atoms with van der Waals surface area (Å²) in [4.78, 5) is 13.3. The second-order valence-electron chi connectivity index (χ2n) is 2.98. The molecule has 1 aliphatic heterocycles. The maximum atomic E-state index is 11.2. The molecule has 0 aromatic heterocycles. The molecular weight excluding hydrogens is 238 g/mol. The van der Waals surface area contributed by atoms with E-state index >= 15 is 0 Å². The van der Waals surface area contributed by atoms with E-state index in [1.807, 2.05) is 0 Å². The lowest BCUT2D eigenvalue weighted by Gasteiger charge is -2.15. The van der Waals surface area contributed by atoms with Gasteiger partial charge in [-0.2, -0.15) is 0 Å². The lowest BCUT2D eigenvalue weighted by molar-refractivity contribution is -0.128. The Morgan fingerprint density at radius 3 is 2.92 bits per heavy atom. The Bertz CT molecular complexity index is 177. The van der Waals surface area contributed by atoms with Crippen LogP contribution in [0.15, 0.2) is 0 Å². The Labute approximate surface area is 86.0 Å². The molecule has 4 nitrogen and oxygen atoms in total. The molecule has 1 atom stereocenters. The number of carbonyl (C=O) groups is 1. The van der Waals surface area contributed by atoms with E-state index in [-0.39, 0.29) is 17.3 Å². The van der Waals surface area contributed by atoms with Crippen molar-refractivity contribution in [2.24, 2.45) is 0 Å². The number of ether oxygens (including phenoxy) is 1. The van der Waals surface area contributed by atoms with Gasteiger partial charge >= 0.3 is 0 Å². The minimum absolute atomic E-state index is 0.0367. The fourth-order valence-electron chi connectivity index (χ4n) is 1.28. The number of nitrogens with zero attached hydrogens (tertiary/aromatic N) is 1. The standard InChI is InChI=1S/C8H14BrNO3/c9-7-5-8(12)10(6-7)1-3-13-4-2-11/h7,11H,1-6H2. The molecule has 1 amide bonds. The van der Waals surface area contributed by atoms with E-state index in [9.17, 15) is 4.79 Å². The third kappa shape index (κ3) is 3.62. The van der Waals surface area contributed by atoms with E-state index in [1.165, 1.54) is 0 Å². The van der Waals surface area contributed by atoms with Crippen molar-refractivity contribution in [3.05, 3.63) is 0 Å². The van der Waals surface area contributed by atoms with Gasteiger partial charge in [-0.05, 0) is 0 Å². The summed E-state index contributed by atoms with van der Waals surface area (Å²) in [6.07, 6.45) is 0.583. The maximum Gasteiger partial charge on any atom is 0.223 e. The van der Waals surface area contributed by atoms with Crippen molar-refractivity contribution in [2.45, 2.75) is 11.2 Å². The van der Waals surface area contributed by atoms with E-state index in [1.54, 1.807) is 4.90 Å². The van der Waals surface area contributed by atoms with Crippen LogP contribution in [0.4, 0.5) is 0 Å². The molecule has 0 bridgehead atoms. The largest absolute Gasteiger partial charge is 0.394 e. The molecule has 1 unspecified atom stereocenters. The summed E-state index contributed by atoms with van der Waals surface area (Å²) in [5, 5.41) is 8.44. The SMILES string of the molecule is O=C1CC(Br)CN1CCOCCO. The molecular formula is C8H14BrNO3. The fraction of sp³-hybridized carbons (Fsp3) is 0.875. The first-order valence-electron chi connectivity index (χ1n) is 4.34. The van der Waals surface area contributed by atoms with E-state index in [0.717, 1.165) is 6.54 Å². The molecule has 5 heteroatoms. The topological polar surface area (TPSA) is 49.8 Å². The summed E-state index contributed by atoms with van der Waals surface area (Å²) in [5.41, 5.74) is 0. The van der Waals surface area contributed by atoms with Gasteiger partial charge in [-0.15, -0.1) is 0 Å². The van der Waals surface area contributed by atoms with Crippen LogP contribution in [-0.4, -0.2) is 53.7 Å². The van der Waals surface area contributed by atoms with Crippen molar-refractivity contribution in [2.75, 3.05) is 32.9 Å². The number of likely N-dealkylation sites (tertiary alicyclic amines) is 1. The van der Waals surface area contributed by atoms with Crippen LogP contribution in [0.2, 0.25) is 0 Å². The van der Waals surface area contributed by atoms with Crippen molar-refractivity contribution < 1.29 is 14.6 Å². The van der Waals surface area contributed by atoms with Gasteiger partial charge in [-0.1, -0.05) is 15.9 Å². The predicted molar refractivity (Wildman–Crippen MR) is 51.8 cm³/mol. The van der Waals surface area contributed by atoms with Gasteiger partial charge in [0.15, 0.2) is 0 Å². The van der Waals surface area contributed by atoms with Crippen LogP contribution < -0.4 is 0 Å². The minimum Gasteiger partial charge on any atom is -0.394 e. The molecule has 13 heavy (non-hydrogen) atoms. The van der Waals surface area contributed by atoms with E-state index in [0.29, 0.717) is 26.2 Å². The van der Waals surface area contributed by atoms with Crippen LogP contribution in [0, 0.1) is 0 Å². The smallest absolute Gasteiger partial charge is 0.223 e. The van der Waals surface area contributed by atoms with Gasteiger partial charge in [0.1, 0.15) is 0 Å². The third-order valence-electron chi connectivity index (χ3n) is 1.91. The lowest BCUT2D eigenvalue weighted by atomic mass is 10.4. The summed E-state index contributed by atoms with van der Waals surface area (Å²) in [5.74, 6) is 0.175. The number of alkyl halides is 1. The van der Waals surface area contributed by atoms with Gasteiger partial charge in [0.2, 0.25) is 5.91 Å². The molecule has 0 spiro atoms. The highest BCUT2D eigenvalue weighted by Gasteiger charge is 2.26. The molecule has 0 aromatic rings. The average Bonchev–Trinajstić information content (AvgIpc) is 2.39. The van der Waals surface area contributed by atoms with Crippen LogP contribution in [0.1, 0.15) is 6.42 Å². The second kappa shape index (κ2) is 5.57. The zero-order chi connectivity index (χ0) is 9.68. The summed E-state index contributed by atoms with van der Waals surface area (Å²) in [6, 6.07) is 0. The van der Waals surface area contributed by atoms with Crippen molar-refractivity contribution >= 4 is 21.8 Å². The Balaban J connectivity index is 2.11. The average molecular weight is 252 g/mol. The number of aliphatic hydroxyl groups excluding tert-OH is 1. The fourth-order valence-corrected chi connectivity index (χ4v) is 1.91. The highest BCUT2D eigenvalue weighted by atomic mass is 79.9. The van der Waals surface area contributed by atoms with Crippen molar-refractivity contribution in [3.8, 4) is 0 Å². The number of aliphatic hydroxyl groups is 1. The molecule has 0 aliphatic carbocycles. The molecule has 1 saturated heterocycles. The quantitative estimate of drug-likeness (QED) is 0.553. The highest BCUT2D eigenvalue weighted by Crippen LogP contribution is 2.17. The number of hydrogen-bond acceptors (Lipinski definition) is 3. The number of rotatable bonds is 5. The number of carbonyl (C=O) groups excluding carboxylic acids is 1. The number of hydrogen-bond donors (Lipinski definition) is 1. The van der Waals surface area contributed by atoms with Gasteiger partial charge in [0.05, 0.1) is 19.8 Å². The Kier molecular flexibility index (Phi) is 4.69. The van der Waals surface area contributed by atoms with Gasteiger partial charge < -0.3 is 14.7 Å². The van der Waals surface area contributed by atoms with E-state index < -0.39 is 0 Å². The molecule has 0 saturated carbocycles. The van der Waals surface area contributed by atoms with Gasteiger partial charge in [0, 0.05) is 24.3 Å². The first kappa shape index (κ1) is 10.9. The minimum atomic E-state index is 0.0367. The maximum absolute atomic E-state index is 11.2. The summed E-state index contributed by atoms with van der Waals surface area (Å²) in [6.45, 7) is 2.28. The lowest BCUT2D eigenvalue weighted by Crippen LogP contribution is -2.29. The zero-order valence-electron chi connectivity index (χ0n) is 7.41. The van der Waals surface area contributed by atoms with Crippen LogP contribution in [0.3, 0.4) is 0 Å². The first-order valence-corrected chi connectivity index (χ1v) is 5.26. The normalized spacial score (nSPS) is 22.8. The second-order valence-corrected chi connectivity index (χ2v) is 4.27. The monoisotopic (exact) mass is 251 g/mol. The van der Waals surface area contributed by atoms with Crippen molar-refractivity contribution in [1.29, 1.82) is 0 Å². The van der Waals surface area contributed by atoms with Crippen molar-refractivity contribution in [1.82, 2.24) is 4.90 Å². The van der Waals surface area contributed by atoms with Crippen LogP contribution in [0.25, 0.3) is 0 Å². The third-order valence-corrected chi connectivity index (χ3v) is 2.52. The molecule has 1 fully saturated rings. The van der Waals surface area contributed by atoms with E-state index in [2.05, 4.69) is 15.9 Å². The molecule has 1 heterocycles. The molecule has 0 aromatic carbocycles. The Morgan fingerprint density at radius 1 is 1.62 bits per heavy atom. The van der Waals surface area contributed by atoms with Crippen LogP contribution in [-0.2, 0) is 9.53 Å². The summed E-state index contributed by atoms with van der Waals surface area (Å²) < 4.78 is 5.07. The summed E-state index contributed by atoms with van der Waals surface area (Å²) in [7, 11) is 0. The van der Waals surface area contributed by atoms with Gasteiger partial charge in [-0.25, -0.2) is 0 Å². The molecule has 1 aliphatic rings. The highest BCUT2D eigenvalue weighted by molar-refractivity contribution is 9.09. The Hall–Kier alpha value is -0.130. The van der Waals surface area contributed by atoms with Crippen LogP contribution >= 0.6 is 15.9 Å². The molecule has 0 radical (unpaired) electrons. The van der Waals surface area contributed by atoms with Crippen molar-refractivity contribution in [3.63, 3.8) is 0 Å². The zero-order valence-corrected chi connectivity index (χ0v) is 8.99. The Morgan fingerprint density at radius 2 is 2.38 bits per heavy atom. The first-order chi connectivity index (χ1) is 6.24. The van der Waals surface area contributed by atoms with Gasteiger partial charge in [0.25, 0.3) is 0 Å². The molecule has 1 rings (SSSR count). The van der Waals surface area contributed by atoms with Gasteiger partial charge in [-0.3, -0.25) is 4.79 Å². The summed E-state index contributed by atoms with van der Waals surface area (Å²) >= 11 is 3.40.